The van der Waals surface area contributed by atoms with Crippen molar-refractivity contribution >= 4 is 50.5 Å². The van der Waals surface area contributed by atoms with Crippen LogP contribution in [0.25, 0.3) is 10.2 Å². The maximum Gasteiger partial charge on any atom is 0.197 e. The van der Waals surface area contributed by atoms with E-state index in [1.807, 2.05) is 22.2 Å². The van der Waals surface area contributed by atoms with E-state index in [1.165, 1.54) is 11.3 Å². The molecule has 0 saturated carbocycles. The minimum Gasteiger partial charge on any atom is -0.313 e. The maximum absolute atomic E-state index is 13.4. The number of nitrogens with zero attached hydrogens (tertiary/aromatic N) is 6. The smallest absolute Gasteiger partial charge is 0.197 e. The molecule has 0 saturated heterocycles. The molecule has 7 nitrogen and oxygen atoms in total. The van der Waals surface area contributed by atoms with Crippen LogP contribution in [0.2, 0.25) is 10.0 Å². The van der Waals surface area contributed by atoms with Gasteiger partial charge >= 0.3 is 0 Å². The van der Waals surface area contributed by atoms with Crippen molar-refractivity contribution in [2.24, 2.45) is 0 Å². The van der Waals surface area contributed by atoms with Crippen LogP contribution in [-0.2, 0) is 19.5 Å². The van der Waals surface area contributed by atoms with Gasteiger partial charge in [0.1, 0.15) is 10.7 Å². The first-order valence-corrected chi connectivity index (χ1v) is 12.3. The fraction of sp³-hybridized carbons (Fsp3) is 0.348. The van der Waals surface area contributed by atoms with E-state index >= 15 is 0 Å². The summed E-state index contributed by atoms with van der Waals surface area (Å²) in [5.74, 6) is 0.0414. The fourth-order valence-electron chi connectivity index (χ4n) is 4.27. The van der Waals surface area contributed by atoms with Gasteiger partial charge in [0.25, 0.3) is 0 Å². The lowest BCUT2D eigenvalue weighted by Crippen LogP contribution is -2.17. The molecule has 0 bridgehead atoms. The van der Waals surface area contributed by atoms with Crippen LogP contribution in [0.5, 0.6) is 0 Å². The Labute approximate surface area is 204 Å². The number of hydrogen-bond acceptors (Lipinski definition) is 6. The predicted octanol–water partition coefficient (Wildman–Crippen LogP) is 5.57. The summed E-state index contributed by atoms with van der Waals surface area (Å²) in [5.41, 5.74) is 1.57. The number of fused-ring (bicyclic) bond motifs is 2. The lowest BCUT2D eigenvalue weighted by Gasteiger charge is -2.10. The van der Waals surface area contributed by atoms with Gasteiger partial charge in [-0.05, 0) is 38.0 Å². The Bertz CT molecular complexity index is 1390. The summed E-state index contributed by atoms with van der Waals surface area (Å²) in [6.07, 6.45) is 3.97. The number of rotatable bonds is 5. The van der Waals surface area contributed by atoms with E-state index in [2.05, 4.69) is 21.4 Å². The zero-order chi connectivity index (χ0) is 23.1. The third-order valence-corrected chi connectivity index (χ3v) is 7.88. The minimum atomic E-state index is -0.994. The van der Waals surface area contributed by atoms with Crippen LogP contribution in [0, 0.1) is 18.3 Å². The SMILES string of the molecule is Cc1nn(Cc2c(Cl)cccc2Cl)c2sc(C(=O)C(C#N)c3nnc4n3CCCCC4)cc12. The van der Waals surface area contributed by atoms with Crippen molar-refractivity contribution < 1.29 is 4.79 Å². The summed E-state index contributed by atoms with van der Waals surface area (Å²) in [5, 5.41) is 25.0. The van der Waals surface area contributed by atoms with Crippen LogP contribution in [0.4, 0.5) is 0 Å². The van der Waals surface area contributed by atoms with Crippen molar-refractivity contribution in [3.05, 3.63) is 62.1 Å². The van der Waals surface area contributed by atoms with Crippen molar-refractivity contribution in [1.29, 1.82) is 5.26 Å². The van der Waals surface area contributed by atoms with E-state index in [1.54, 1.807) is 18.2 Å². The van der Waals surface area contributed by atoms with E-state index in [0.29, 0.717) is 27.3 Å². The third kappa shape index (κ3) is 3.95. The number of hydrogen-bond donors (Lipinski definition) is 0. The summed E-state index contributed by atoms with van der Waals surface area (Å²) < 4.78 is 3.77. The lowest BCUT2D eigenvalue weighted by atomic mass is 10.0. The van der Waals surface area contributed by atoms with E-state index in [9.17, 15) is 10.1 Å². The molecule has 4 heterocycles. The van der Waals surface area contributed by atoms with Gasteiger partial charge in [-0.3, -0.25) is 4.79 Å². The van der Waals surface area contributed by atoms with Crippen molar-refractivity contribution in [2.45, 2.75) is 51.6 Å². The molecule has 0 radical (unpaired) electrons. The molecule has 10 heteroatoms. The highest BCUT2D eigenvalue weighted by molar-refractivity contribution is 7.20. The van der Waals surface area contributed by atoms with Crippen LogP contribution in [0.3, 0.4) is 0 Å². The van der Waals surface area contributed by atoms with Crippen LogP contribution >= 0.6 is 34.5 Å². The first-order chi connectivity index (χ1) is 16.0. The van der Waals surface area contributed by atoms with Crippen LogP contribution in [0.15, 0.2) is 24.3 Å². The van der Waals surface area contributed by atoms with Crippen LogP contribution in [0.1, 0.15) is 57.8 Å². The summed E-state index contributed by atoms with van der Waals surface area (Å²) in [6.45, 7) is 3.02. The Morgan fingerprint density at radius 3 is 2.79 bits per heavy atom. The number of benzene rings is 1. The van der Waals surface area contributed by atoms with E-state index in [0.717, 1.165) is 59.5 Å². The van der Waals surface area contributed by atoms with Gasteiger partial charge in [-0.2, -0.15) is 10.4 Å². The van der Waals surface area contributed by atoms with E-state index < -0.39 is 5.92 Å². The molecule has 0 aliphatic carbocycles. The number of nitriles is 1. The number of carbonyl (C=O) groups is 1. The average Bonchev–Trinajstić information content (AvgIpc) is 3.42. The highest BCUT2D eigenvalue weighted by Gasteiger charge is 2.31. The van der Waals surface area contributed by atoms with Crippen LogP contribution in [-0.4, -0.2) is 30.3 Å². The molecule has 1 aliphatic heterocycles. The second-order valence-corrected chi connectivity index (χ2v) is 9.98. The number of aromatic nitrogens is 5. The topological polar surface area (TPSA) is 89.4 Å². The molecule has 1 aliphatic rings. The van der Waals surface area contributed by atoms with Crippen molar-refractivity contribution in [2.75, 3.05) is 0 Å². The molecule has 1 aromatic carbocycles. The summed E-state index contributed by atoms with van der Waals surface area (Å²) in [7, 11) is 0. The monoisotopic (exact) mass is 498 g/mol. The summed E-state index contributed by atoms with van der Waals surface area (Å²) in [6, 6.07) is 9.37. The van der Waals surface area contributed by atoms with Gasteiger partial charge in [-0.1, -0.05) is 35.7 Å². The first kappa shape index (κ1) is 22.1. The number of aryl methyl sites for hydroxylation is 2. The average molecular weight is 499 g/mol. The molecule has 4 aromatic rings. The molecule has 168 valence electrons. The Hall–Kier alpha value is -2.73. The number of carbonyl (C=O) groups excluding carboxylic acids is 1. The van der Waals surface area contributed by atoms with Crippen molar-refractivity contribution in [3.8, 4) is 6.07 Å². The van der Waals surface area contributed by atoms with Gasteiger partial charge in [-0.25, -0.2) is 4.68 Å². The largest absolute Gasteiger partial charge is 0.313 e. The van der Waals surface area contributed by atoms with Gasteiger partial charge < -0.3 is 4.57 Å². The molecule has 0 fully saturated rings. The molecule has 0 amide bonds. The quantitative estimate of drug-likeness (QED) is 0.335. The second-order valence-electron chi connectivity index (χ2n) is 8.14. The Kier molecular flexibility index (Phi) is 5.95. The normalized spacial score (nSPS) is 14.6. The summed E-state index contributed by atoms with van der Waals surface area (Å²) >= 11 is 14.0. The molecule has 0 N–H and O–H groups in total. The molecule has 0 spiro atoms. The summed E-state index contributed by atoms with van der Waals surface area (Å²) in [4.78, 5) is 14.8. The minimum absolute atomic E-state index is 0.264. The number of ketones is 1. The van der Waals surface area contributed by atoms with Gasteiger partial charge in [0.2, 0.25) is 0 Å². The van der Waals surface area contributed by atoms with Gasteiger partial charge in [0, 0.05) is 34.0 Å². The number of halogens is 2. The molecular weight excluding hydrogens is 479 g/mol. The predicted molar refractivity (Wildman–Crippen MR) is 128 cm³/mol. The zero-order valence-corrected chi connectivity index (χ0v) is 20.2. The number of Topliss-reactive ketones (excluding diaryl/α,β-unsaturated/α-hetero) is 1. The molecule has 1 atom stereocenters. The molecule has 33 heavy (non-hydrogen) atoms. The zero-order valence-electron chi connectivity index (χ0n) is 17.9. The van der Waals surface area contributed by atoms with Crippen molar-refractivity contribution in [1.82, 2.24) is 24.5 Å². The second kappa shape index (κ2) is 8.90. The Balaban J connectivity index is 1.50. The van der Waals surface area contributed by atoms with E-state index in [4.69, 9.17) is 23.2 Å². The van der Waals surface area contributed by atoms with Gasteiger partial charge in [-0.15, -0.1) is 21.5 Å². The fourth-order valence-corrected chi connectivity index (χ4v) is 5.92. The Morgan fingerprint density at radius 2 is 2.03 bits per heavy atom. The lowest BCUT2D eigenvalue weighted by molar-refractivity contribution is 0.0978. The molecule has 5 rings (SSSR count). The molecular formula is C23H20Cl2N6OS. The first-order valence-electron chi connectivity index (χ1n) is 10.7. The van der Waals surface area contributed by atoms with E-state index in [-0.39, 0.29) is 5.78 Å². The van der Waals surface area contributed by atoms with Gasteiger partial charge in [0.05, 0.1) is 23.2 Å². The standard InChI is InChI=1S/C23H20Cl2N6OS/c1-13-14-10-19(33-23(14)31(29-13)12-16-17(24)6-5-7-18(16)25)21(32)15(11-26)22-28-27-20-8-3-2-4-9-30(20)22/h5-7,10,15H,2-4,8-9,12H2,1H3. The van der Waals surface area contributed by atoms with Crippen LogP contribution < -0.4 is 0 Å². The molecule has 3 aromatic heterocycles. The highest BCUT2D eigenvalue weighted by atomic mass is 35.5. The Morgan fingerprint density at radius 1 is 1.24 bits per heavy atom. The van der Waals surface area contributed by atoms with Crippen molar-refractivity contribution in [3.63, 3.8) is 0 Å². The third-order valence-electron chi connectivity index (χ3n) is 6.01. The molecule has 1 unspecified atom stereocenters. The highest BCUT2D eigenvalue weighted by Crippen LogP contribution is 2.34. The number of thiophene rings is 1. The maximum atomic E-state index is 13.4. The van der Waals surface area contributed by atoms with Gasteiger partial charge in [0.15, 0.2) is 17.5 Å².